The molecule has 2 saturated carbocycles. The number of hydrogen-bond donors (Lipinski definition) is 0. The van der Waals surface area contributed by atoms with Crippen molar-refractivity contribution < 1.29 is 14.3 Å². The largest absolute Gasteiger partial charge is 0.458 e. The molecule has 0 spiro atoms. The topological polar surface area (TPSA) is 43.4 Å². The highest BCUT2D eigenvalue weighted by Crippen LogP contribution is 2.50. The van der Waals surface area contributed by atoms with E-state index < -0.39 is 0 Å². The summed E-state index contributed by atoms with van der Waals surface area (Å²) in [5.74, 6) is 0.0459. The summed E-state index contributed by atoms with van der Waals surface area (Å²) in [6.45, 7) is 1.41. The molecule has 66 valence electrons. The van der Waals surface area contributed by atoms with E-state index in [1.165, 1.54) is 6.92 Å². The normalized spacial score (nSPS) is 38.8. The van der Waals surface area contributed by atoms with Gasteiger partial charge in [0.2, 0.25) is 0 Å². The van der Waals surface area contributed by atoms with Crippen molar-refractivity contribution in [1.82, 2.24) is 0 Å². The lowest BCUT2D eigenvalue weighted by Gasteiger charge is -2.42. The van der Waals surface area contributed by atoms with Crippen LogP contribution in [0.4, 0.5) is 0 Å². The molecule has 3 heteroatoms. The van der Waals surface area contributed by atoms with Crippen LogP contribution in [0.2, 0.25) is 0 Å². The summed E-state index contributed by atoms with van der Waals surface area (Å²) < 4.78 is 5.21. The van der Waals surface area contributed by atoms with Gasteiger partial charge in [-0.3, -0.25) is 9.59 Å². The van der Waals surface area contributed by atoms with Crippen LogP contribution in [0.1, 0.15) is 32.6 Å². The van der Waals surface area contributed by atoms with E-state index in [2.05, 4.69) is 0 Å². The van der Waals surface area contributed by atoms with Crippen molar-refractivity contribution in [3.63, 3.8) is 0 Å². The molecule has 2 aliphatic rings. The minimum Gasteiger partial charge on any atom is -0.458 e. The maximum Gasteiger partial charge on any atom is 0.303 e. The molecule has 0 aromatic carbocycles. The predicted molar refractivity (Wildman–Crippen MR) is 41.5 cm³/mol. The van der Waals surface area contributed by atoms with Crippen LogP contribution in [-0.4, -0.2) is 17.4 Å². The summed E-state index contributed by atoms with van der Waals surface area (Å²) >= 11 is 0. The molecular formula is C9H12O3. The van der Waals surface area contributed by atoms with Gasteiger partial charge in [0.15, 0.2) is 0 Å². The molecule has 0 aliphatic heterocycles. The average Bonchev–Trinajstić information content (AvgIpc) is 2.25. The standard InChI is InChI=1S/C9H12O3/c1-6(10)12-9-4-2-3-7(9)8(11)5-9/h7H,2-5H2,1H3. The SMILES string of the molecule is CC(=O)OC12CCCC1C(=O)C2. The number of hydrogen-bond acceptors (Lipinski definition) is 3. The molecule has 3 nitrogen and oxygen atoms in total. The van der Waals surface area contributed by atoms with E-state index >= 15 is 0 Å². The van der Waals surface area contributed by atoms with E-state index in [0.717, 1.165) is 19.3 Å². The lowest BCUT2D eigenvalue weighted by Crippen LogP contribution is -2.53. The number of ether oxygens (including phenoxy) is 1. The molecule has 0 heterocycles. The highest BCUT2D eigenvalue weighted by molar-refractivity contribution is 5.91. The third-order valence-corrected chi connectivity index (χ3v) is 2.94. The Labute approximate surface area is 71.1 Å². The van der Waals surface area contributed by atoms with Gasteiger partial charge in [0, 0.05) is 13.3 Å². The molecule has 0 saturated heterocycles. The first kappa shape index (κ1) is 7.77. The van der Waals surface area contributed by atoms with Gasteiger partial charge in [0.05, 0.1) is 5.92 Å². The fraction of sp³-hybridized carbons (Fsp3) is 0.778. The second-order valence-corrected chi connectivity index (χ2v) is 3.75. The Morgan fingerprint density at radius 1 is 1.67 bits per heavy atom. The number of carbonyl (C=O) groups excluding carboxylic acids is 2. The van der Waals surface area contributed by atoms with Crippen LogP contribution in [-0.2, 0) is 14.3 Å². The molecule has 0 N–H and O–H groups in total. The van der Waals surface area contributed by atoms with Gasteiger partial charge in [0.1, 0.15) is 11.4 Å². The van der Waals surface area contributed by atoms with Crippen molar-refractivity contribution in [2.24, 2.45) is 5.92 Å². The maximum absolute atomic E-state index is 11.1. The highest BCUT2D eigenvalue weighted by atomic mass is 16.6. The molecule has 0 amide bonds. The van der Waals surface area contributed by atoms with E-state index in [0.29, 0.717) is 6.42 Å². The average molecular weight is 168 g/mol. The minimum absolute atomic E-state index is 0.0291. The highest BCUT2D eigenvalue weighted by Gasteiger charge is 2.58. The second kappa shape index (κ2) is 2.31. The first-order valence-electron chi connectivity index (χ1n) is 4.36. The van der Waals surface area contributed by atoms with Crippen LogP contribution in [0.15, 0.2) is 0 Å². The van der Waals surface area contributed by atoms with E-state index in [9.17, 15) is 9.59 Å². The monoisotopic (exact) mass is 168 g/mol. The van der Waals surface area contributed by atoms with Gasteiger partial charge in [-0.05, 0) is 19.3 Å². The van der Waals surface area contributed by atoms with E-state index in [4.69, 9.17) is 4.74 Å². The zero-order valence-corrected chi connectivity index (χ0v) is 7.13. The number of carbonyl (C=O) groups is 2. The van der Waals surface area contributed by atoms with Crippen LogP contribution >= 0.6 is 0 Å². The molecule has 0 bridgehead atoms. The maximum atomic E-state index is 11.1. The van der Waals surface area contributed by atoms with Crippen LogP contribution in [0.25, 0.3) is 0 Å². The Hall–Kier alpha value is -0.860. The van der Waals surface area contributed by atoms with E-state index in [1.54, 1.807) is 0 Å². The molecule has 0 aromatic rings. The van der Waals surface area contributed by atoms with Crippen molar-refractivity contribution in [3.8, 4) is 0 Å². The van der Waals surface area contributed by atoms with E-state index in [1.807, 2.05) is 0 Å². The Kier molecular flexibility index (Phi) is 1.50. The number of fused-ring (bicyclic) bond motifs is 1. The van der Waals surface area contributed by atoms with Gasteiger partial charge < -0.3 is 4.74 Å². The smallest absolute Gasteiger partial charge is 0.303 e. The Morgan fingerprint density at radius 3 is 3.00 bits per heavy atom. The van der Waals surface area contributed by atoms with Crippen LogP contribution in [0, 0.1) is 5.92 Å². The molecule has 0 aromatic heterocycles. The summed E-state index contributed by atoms with van der Waals surface area (Å²) in [4.78, 5) is 21.9. The number of esters is 1. The third kappa shape index (κ3) is 0.886. The fourth-order valence-corrected chi connectivity index (χ4v) is 2.44. The van der Waals surface area contributed by atoms with Gasteiger partial charge in [-0.15, -0.1) is 0 Å². The van der Waals surface area contributed by atoms with Crippen molar-refractivity contribution in [2.75, 3.05) is 0 Å². The third-order valence-electron chi connectivity index (χ3n) is 2.94. The van der Waals surface area contributed by atoms with Gasteiger partial charge in [-0.1, -0.05) is 0 Å². The Balaban J connectivity index is 2.11. The van der Waals surface area contributed by atoms with Crippen LogP contribution in [0.3, 0.4) is 0 Å². The molecule has 12 heavy (non-hydrogen) atoms. The first-order chi connectivity index (χ1) is 5.64. The fourth-order valence-electron chi connectivity index (χ4n) is 2.44. The summed E-state index contributed by atoms with van der Waals surface area (Å²) in [7, 11) is 0. The summed E-state index contributed by atoms with van der Waals surface area (Å²) in [5, 5.41) is 0. The summed E-state index contributed by atoms with van der Waals surface area (Å²) in [6.07, 6.45) is 3.26. The Bertz CT molecular complexity index is 246. The van der Waals surface area contributed by atoms with Gasteiger partial charge in [-0.25, -0.2) is 0 Å². The number of rotatable bonds is 1. The predicted octanol–water partition coefficient (Wildman–Crippen LogP) is 1.06. The zero-order valence-electron chi connectivity index (χ0n) is 7.13. The van der Waals surface area contributed by atoms with Crippen molar-refractivity contribution in [3.05, 3.63) is 0 Å². The summed E-state index contributed by atoms with van der Waals surface area (Å²) in [6, 6.07) is 0. The van der Waals surface area contributed by atoms with Crippen LogP contribution < -0.4 is 0 Å². The molecule has 2 rings (SSSR count). The van der Waals surface area contributed by atoms with Crippen molar-refractivity contribution >= 4 is 11.8 Å². The van der Waals surface area contributed by atoms with Crippen LogP contribution in [0.5, 0.6) is 0 Å². The number of ketones is 1. The molecule has 0 radical (unpaired) electrons. The minimum atomic E-state index is -0.372. The summed E-state index contributed by atoms with van der Waals surface area (Å²) in [5.41, 5.74) is -0.372. The van der Waals surface area contributed by atoms with Gasteiger partial charge in [0.25, 0.3) is 0 Å². The molecular weight excluding hydrogens is 156 g/mol. The lowest BCUT2D eigenvalue weighted by atomic mass is 9.70. The van der Waals surface area contributed by atoms with Gasteiger partial charge in [-0.2, -0.15) is 0 Å². The molecule has 2 fully saturated rings. The first-order valence-corrected chi connectivity index (χ1v) is 4.36. The van der Waals surface area contributed by atoms with E-state index in [-0.39, 0.29) is 23.3 Å². The van der Waals surface area contributed by atoms with Gasteiger partial charge >= 0.3 is 5.97 Å². The quantitative estimate of drug-likeness (QED) is 0.550. The zero-order chi connectivity index (χ0) is 8.77. The molecule has 2 aliphatic carbocycles. The second-order valence-electron chi connectivity index (χ2n) is 3.75. The van der Waals surface area contributed by atoms with Crippen molar-refractivity contribution in [2.45, 2.75) is 38.2 Å². The lowest BCUT2D eigenvalue weighted by molar-refractivity contribution is -0.178. The Morgan fingerprint density at radius 2 is 2.42 bits per heavy atom. The number of Topliss-reactive ketones (excluding diaryl/α,β-unsaturated/α-hetero) is 1. The molecule has 2 unspecified atom stereocenters. The molecule has 2 atom stereocenters. The van der Waals surface area contributed by atoms with Crippen molar-refractivity contribution in [1.29, 1.82) is 0 Å².